The van der Waals surface area contributed by atoms with Crippen LogP contribution >= 0.6 is 22.6 Å². The van der Waals surface area contributed by atoms with E-state index in [0.717, 1.165) is 3.57 Å². The highest BCUT2D eigenvalue weighted by atomic mass is 127. The quantitative estimate of drug-likeness (QED) is 0.536. The summed E-state index contributed by atoms with van der Waals surface area (Å²) in [6, 6.07) is 6.92. The van der Waals surface area contributed by atoms with E-state index in [1.807, 2.05) is 12.1 Å². The van der Waals surface area contributed by atoms with Gasteiger partial charge in [0, 0.05) is 9.13 Å². The van der Waals surface area contributed by atoms with Gasteiger partial charge in [0.15, 0.2) is 0 Å². The van der Waals surface area contributed by atoms with Gasteiger partial charge in [0.2, 0.25) is 0 Å². The predicted molar refractivity (Wildman–Crippen MR) is 44.5 cm³/mol. The van der Waals surface area contributed by atoms with Gasteiger partial charge in [-0.1, -0.05) is 12.1 Å². The first-order valence-corrected chi connectivity index (χ1v) is 3.54. The lowest BCUT2D eigenvalue weighted by molar-refractivity contribution is 0.112. The molecule has 0 atom stereocenters. The standard InChI is InChI=1S/C7H5IO/c8-7-3-1-6(5-9)2-4-7/h1-5H/i5D. The van der Waals surface area contributed by atoms with E-state index >= 15 is 0 Å². The number of rotatable bonds is 1. The number of hydrogen-bond donors (Lipinski definition) is 0. The molecule has 1 aromatic carbocycles. The molecule has 1 aromatic rings. The van der Waals surface area contributed by atoms with Crippen LogP contribution in [0.15, 0.2) is 24.3 Å². The molecule has 0 saturated carbocycles. The summed E-state index contributed by atoms with van der Waals surface area (Å²) < 4.78 is 7.82. The smallest absolute Gasteiger partial charge is 0.150 e. The minimum atomic E-state index is -0.628. The first-order valence-electron chi connectivity index (χ1n) is 2.96. The predicted octanol–water partition coefficient (Wildman–Crippen LogP) is 2.10. The Hall–Kier alpha value is -0.380. The maximum absolute atomic E-state index is 10.4. The molecule has 0 unspecified atom stereocenters. The average Bonchev–Trinajstić information content (AvgIpc) is 1.88. The van der Waals surface area contributed by atoms with Crippen LogP contribution in [-0.2, 0) is 0 Å². The maximum atomic E-state index is 10.4. The molecule has 0 fully saturated rings. The lowest BCUT2D eigenvalue weighted by atomic mass is 10.2. The second-order valence-electron chi connectivity index (χ2n) is 1.61. The zero-order valence-electron chi connectivity index (χ0n) is 5.60. The molecule has 46 valence electrons. The summed E-state index contributed by atoms with van der Waals surface area (Å²) in [6.45, 7) is 0. The fourth-order valence-electron chi connectivity index (χ4n) is 0.518. The van der Waals surface area contributed by atoms with Crippen LogP contribution in [0.1, 0.15) is 11.7 Å². The Morgan fingerprint density at radius 3 is 2.44 bits per heavy atom. The topological polar surface area (TPSA) is 17.1 Å². The van der Waals surface area contributed by atoms with E-state index in [2.05, 4.69) is 22.6 Å². The van der Waals surface area contributed by atoms with Crippen LogP contribution in [0, 0.1) is 3.57 Å². The summed E-state index contributed by atoms with van der Waals surface area (Å²) in [4.78, 5) is 10.4. The molecular formula is C7H5IO. The second-order valence-corrected chi connectivity index (χ2v) is 2.85. The van der Waals surface area contributed by atoms with Crippen LogP contribution < -0.4 is 0 Å². The van der Waals surface area contributed by atoms with Crippen molar-refractivity contribution in [3.8, 4) is 0 Å². The van der Waals surface area contributed by atoms with Crippen LogP contribution in [0.25, 0.3) is 0 Å². The van der Waals surface area contributed by atoms with Crippen molar-refractivity contribution < 1.29 is 6.17 Å². The number of carbonyl (C=O) groups is 1. The minimum Gasteiger partial charge on any atom is -0.298 e. The zero-order chi connectivity index (χ0) is 7.56. The Morgan fingerprint density at radius 1 is 1.44 bits per heavy atom. The lowest BCUT2D eigenvalue weighted by Gasteiger charge is -1.87. The van der Waals surface area contributed by atoms with Crippen molar-refractivity contribution in [1.29, 1.82) is 0 Å². The van der Waals surface area contributed by atoms with Gasteiger partial charge >= 0.3 is 0 Å². The molecule has 1 nitrogen and oxygen atoms in total. The first kappa shape index (κ1) is 5.41. The number of carbonyl (C=O) groups excluding carboxylic acids is 1. The summed E-state index contributed by atoms with van der Waals surface area (Å²) in [5.41, 5.74) is 0.445. The largest absolute Gasteiger partial charge is 0.298 e. The maximum Gasteiger partial charge on any atom is 0.150 e. The molecular weight excluding hydrogens is 227 g/mol. The SMILES string of the molecule is [2H]C(=O)c1ccc(I)cc1. The summed E-state index contributed by atoms with van der Waals surface area (Å²) >= 11 is 2.15. The van der Waals surface area contributed by atoms with Gasteiger partial charge in [0.05, 0.1) is 0 Å². The molecule has 0 radical (unpaired) electrons. The van der Waals surface area contributed by atoms with Crippen molar-refractivity contribution in [3.05, 3.63) is 33.4 Å². The Labute approximate surface area is 68.6 Å². The molecule has 2 heteroatoms. The number of halogens is 1. The summed E-state index contributed by atoms with van der Waals surface area (Å²) in [7, 11) is 0. The van der Waals surface area contributed by atoms with E-state index < -0.39 is 6.26 Å². The van der Waals surface area contributed by atoms with Gasteiger partial charge in [-0.15, -0.1) is 0 Å². The van der Waals surface area contributed by atoms with Gasteiger partial charge in [0.1, 0.15) is 7.63 Å². The van der Waals surface area contributed by atoms with Crippen LogP contribution in [0.4, 0.5) is 0 Å². The fourth-order valence-corrected chi connectivity index (χ4v) is 0.878. The van der Waals surface area contributed by atoms with Gasteiger partial charge < -0.3 is 0 Å². The molecule has 0 saturated heterocycles. The van der Waals surface area contributed by atoms with Crippen molar-refractivity contribution in [1.82, 2.24) is 0 Å². The molecule has 0 bridgehead atoms. The molecule has 0 heterocycles. The van der Waals surface area contributed by atoms with Crippen LogP contribution in [0.5, 0.6) is 0 Å². The minimum absolute atomic E-state index is 0.445. The summed E-state index contributed by atoms with van der Waals surface area (Å²) in [5.74, 6) is 0. The molecule has 0 aliphatic heterocycles. The van der Waals surface area contributed by atoms with Gasteiger partial charge in [-0.2, -0.15) is 0 Å². The third-order valence-electron chi connectivity index (χ3n) is 0.962. The fraction of sp³-hybridized carbons (Fsp3) is 0. The normalized spacial score (nSPS) is 10.6. The lowest BCUT2D eigenvalue weighted by Crippen LogP contribution is -1.76. The van der Waals surface area contributed by atoms with Crippen LogP contribution in [0.2, 0.25) is 0 Å². The highest BCUT2D eigenvalue weighted by Gasteiger charge is 1.86. The number of hydrogen-bond acceptors (Lipinski definition) is 1. The third-order valence-corrected chi connectivity index (χ3v) is 1.68. The van der Waals surface area contributed by atoms with Crippen LogP contribution in [0.3, 0.4) is 0 Å². The molecule has 0 spiro atoms. The van der Waals surface area contributed by atoms with E-state index in [0.29, 0.717) is 5.56 Å². The summed E-state index contributed by atoms with van der Waals surface area (Å²) in [6.07, 6.45) is -0.628. The van der Waals surface area contributed by atoms with Crippen molar-refractivity contribution in [2.75, 3.05) is 0 Å². The molecule has 0 aliphatic rings. The van der Waals surface area contributed by atoms with E-state index in [9.17, 15) is 4.79 Å². The monoisotopic (exact) mass is 233 g/mol. The number of benzene rings is 1. The highest BCUT2D eigenvalue weighted by Crippen LogP contribution is 2.04. The van der Waals surface area contributed by atoms with Gasteiger partial charge in [-0.25, -0.2) is 0 Å². The molecule has 0 aromatic heterocycles. The molecule has 0 amide bonds. The van der Waals surface area contributed by atoms with Gasteiger partial charge in [0.25, 0.3) is 0 Å². The third kappa shape index (κ3) is 1.78. The van der Waals surface area contributed by atoms with Crippen molar-refractivity contribution in [2.45, 2.75) is 0 Å². The van der Waals surface area contributed by atoms with Crippen LogP contribution in [-0.4, -0.2) is 6.26 Å². The highest BCUT2D eigenvalue weighted by molar-refractivity contribution is 14.1. The Morgan fingerprint density at radius 2 is 2.00 bits per heavy atom. The molecule has 1 rings (SSSR count). The van der Waals surface area contributed by atoms with E-state index in [1.54, 1.807) is 12.1 Å². The Balaban J connectivity index is 3.00. The zero-order valence-corrected chi connectivity index (χ0v) is 6.75. The van der Waals surface area contributed by atoms with Gasteiger partial charge in [-0.05, 0) is 34.7 Å². The van der Waals surface area contributed by atoms with Gasteiger partial charge in [-0.3, -0.25) is 4.79 Å². The molecule has 0 aliphatic carbocycles. The first-order chi connectivity index (χ1) is 4.70. The second kappa shape index (κ2) is 2.96. The van der Waals surface area contributed by atoms with Crippen molar-refractivity contribution in [3.63, 3.8) is 0 Å². The number of aldehydes is 1. The van der Waals surface area contributed by atoms with E-state index in [1.165, 1.54) is 0 Å². The van der Waals surface area contributed by atoms with E-state index in [-0.39, 0.29) is 0 Å². The Bertz CT molecular complexity index is 242. The molecule has 9 heavy (non-hydrogen) atoms. The summed E-state index contributed by atoms with van der Waals surface area (Å²) in [5, 5.41) is 0. The van der Waals surface area contributed by atoms with Crippen molar-refractivity contribution in [2.24, 2.45) is 0 Å². The van der Waals surface area contributed by atoms with E-state index in [4.69, 9.17) is 1.37 Å². The average molecular weight is 233 g/mol. The van der Waals surface area contributed by atoms with Crippen molar-refractivity contribution >= 4 is 28.9 Å². The Kier molecular flexibility index (Phi) is 1.78. The molecule has 0 N–H and O–H groups in total.